The van der Waals surface area contributed by atoms with Gasteiger partial charge in [-0.05, 0) is 35.8 Å². The Bertz CT molecular complexity index is 667. The van der Waals surface area contributed by atoms with Crippen LogP contribution in [0.4, 0.5) is 5.69 Å². The van der Waals surface area contributed by atoms with Gasteiger partial charge < -0.3 is 4.90 Å². The van der Waals surface area contributed by atoms with Gasteiger partial charge in [0.2, 0.25) is 5.91 Å². The van der Waals surface area contributed by atoms with Gasteiger partial charge in [0.15, 0.2) is 0 Å². The number of allylic oxidation sites excluding steroid dienone is 2. The lowest BCUT2D eigenvalue weighted by atomic mass is 9.92. The highest BCUT2D eigenvalue weighted by molar-refractivity contribution is 5.81. The van der Waals surface area contributed by atoms with E-state index < -0.39 is 0 Å². The summed E-state index contributed by atoms with van der Waals surface area (Å²) in [5.41, 5.74) is 2.05. The summed E-state index contributed by atoms with van der Waals surface area (Å²) in [6.07, 6.45) is 6.50. The minimum atomic E-state index is -0.383. The van der Waals surface area contributed by atoms with Gasteiger partial charge in [0, 0.05) is 31.1 Å². The average Bonchev–Trinajstić information content (AvgIpc) is 3.19. The fourth-order valence-electron chi connectivity index (χ4n) is 3.95. The Morgan fingerprint density at radius 3 is 2.67 bits per heavy atom. The van der Waals surface area contributed by atoms with Gasteiger partial charge in [-0.25, -0.2) is 0 Å². The standard InChI is InChI=1S/C16H16N2O3/c19-16(15-6-10-1-2-11(15)5-10)17-8-12-3-4-14(18(20)21)7-13(12)9-17/h1-4,7,10-11,15H,5-6,8-9H2/t10-,11-,15-/m0/s1. The van der Waals surface area contributed by atoms with Crippen LogP contribution in [0.15, 0.2) is 30.4 Å². The van der Waals surface area contributed by atoms with E-state index in [0.29, 0.717) is 24.9 Å². The number of carbonyl (C=O) groups is 1. The molecule has 1 saturated carbocycles. The van der Waals surface area contributed by atoms with E-state index in [0.717, 1.165) is 24.0 Å². The highest BCUT2D eigenvalue weighted by Crippen LogP contribution is 2.45. The molecule has 2 bridgehead atoms. The Balaban J connectivity index is 1.53. The molecule has 1 aromatic carbocycles. The number of hydrogen-bond donors (Lipinski definition) is 0. The third-order valence-electron chi connectivity index (χ3n) is 5.03. The van der Waals surface area contributed by atoms with Crippen LogP contribution in [0.3, 0.4) is 0 Å². The molecule has 5 nitrogen and oxygen atoms in total. The van der Waals surface area contributed by atoms with Crippen LogP contribution in [-0.4, -0.2) is 15.7 Å². The van der Waals surface area contributed by atoms with Gasteiger partial charge in [-0.2, -0.15) is 0 Å². The molecule has 1 amide bonds. The Morgan fingerprint density at radius 2 is 2.00 bits per heavy atom. The van der Waals surface area contributed by atoms with Gasteiger partial charge in [0.25, 0.3) is 5.69 Å². The molecular formula is C16H16N2O3. The lowest BCUT2D eigenvalue weighted by Gasteiger charge is -2.24. The Hall–Kier alpha value is -2.17. The smallest absolute Gasteiger partial charge is 0.269 e. The molecule has 1 heterocycles. The topological polar surface area (TPSA) is 63.5 Å². The molecule has 108 valence electrons. The summed E-state index contributed by atoms with van der Waals surface area (Å²) < 4.78 is 0. The number of rotatable bonds is 2. The molecule has 1 fully saturated rings. The minimum Gasteiger partial charge on any atom is -0.334 e. The number of benzene rings is 1. The maximum Gasteiger partial charge on any atom is 0.269 e. The van der Waals surface area contributed by atoms with Gasteiger partial charge in [-0.3, -0.25) is 14.9 Å². The van der Waals surface area contributed by atoms with Crippen LogP contribution in [-0.2, 0) is 17.9 Å². The molecule has 3 atom stereocenters. The molecule has 0 radical (unpaired) electrons. The van der Waals surface area contributed by atoms with Crippen molar-refractivity contribution in [2.75, 3.05) is 0 Å². The Labute approximate surface area is 122 Å². The molecule has 1 aliphatic heterocycles. The quantitative estimate of drug-likeness (QED) is 0.476. The van der Waals surface area contributed by atoms with Crippen molar-refractivity contribution in [1.82, 2.24) is 4.90 Å². The first kappa shape index (κ1) is 12.6. The molecule has 0 N–H and O–H groups in total. The number of nitro groups is 1. The lowest BCUT2D eigenvalue weighted by Crippen LogP contribution is -2.33. The molecule has 0 spiro atoms. The van der Waals surface area contributed by atoms with E-state index in [9.17, 15) is 14.9 Å². The average molecular weight is 284 g/mol. The zero-order chi connectivity index (χ0) is 14.6. The highest BCUT2D eigenvalue weighted by Gasteiger charge is 2.42. The molecule has 1 aromatic rings. The van der Waals surface area contributed by atoms with E-state index in [-0.39, 0.29) is 22.4 Å². The Morgan fingerprint density at radius 1 is 1.19 bits per heavy atom. The zero-order valence-electron chi connectivity index (χ0n) is 11.6. The highest BCUT2D eigenvalue weighted by atomic mass is 16.6. The van der Waals surface area contributed by atoms with Crippen LogP contribution < -0.4 is 0 Å². The minimum absolute atomic E-state index is 0.103. The van der Waals surface area contributed by atoms with E-state index in [1.54, 1.807) is 12.1 Å². The van der Waals surface area contributed by atoms with Crippen molar-refractivity contribution in [1.29, 1.82) is 0 Å². The van der Waals surface area contributed by atoms with Crippen molar-refractivity contribution in [2.45, 2.75) is 25.9 Å². The van der Waals surface area contributed by atoms with Crippen molar-refractivity contribution in [2.24, 2.45) is 17.8 Å². The fraction of sp³-hybridized carbons (Fsp3) is 0.438. The zero-order valence-corrected chi connectivity index (χ0v) is 11.6. The molecule has 0 saturated heterocycles. The first-order valence-electron chi connectivity index (χ1n) is 7.35. The van der Waals surface area contributed by atoms with E-state index in [1.807, 2.05) is 4.90 Å². The maximum atomic E-state index is 12.7. The van der Waals surface area contributed by atoms with Crippen molar-refractivity contribution < 1.29 is 9.72 Å². The van der Waals surface area contributed by atoms with Gasteiger partial charge in [-0.15, -0.1) is 0 Å². The molecular weight excluding hydrogens is 268 g/mol. The van der Waals surface area contributed by atoms with E-state index in [4.69, 9.17) is 0 Å². The summed E-state index contributed by atoms with van der Waals surface area (Å²) >= 11 is 0. The first-order valence-corrected chi connectivity index (χ1v) is 7.35. The second-order valence-corrected chi connectivity index (χ2v) is 6.29. The molecule has 0 aromatic heterocycles. The summed E-state index contributed by atoms with van der Waals surface area (Å²) in [5, 5.41) is 10.8. The van der Waals surface area contributed by atoms with Crippen LogP contribution in [0.5, 0.6) is 0 Å². The number of nitrogens with zero attached hydrogens (tertiary/aromatic N) is 2. The predicted octanol–water partition coefficient (Wildman–Crippen LogP) is 2.65. The second kappa shape index (κ2) is 4.41. The normalized spacial score (nSPS) is 29.0. The van der Waals surface area contributed by atoms with Crippen molar-refractivity contribution in [3.63, 3.8) is 0 Å². The lowest BCUT2D eigenvalue weighted by molar-refractivity contribution is -0.384. The molecule has 21 heavy (non-hydrogen) atoms. The SMILES string of the molecule is O=C([C@H]1C[C@H]2C=C[C@H]1C2)N1Cc2ccc([N+](=O)[O-])cc2C1. The summed E-state index contributed by atoms with van der Waals surface area (Å²) in [6, 6.07) is 4.90. The molecule has 2 aliphatic carbocycles. The fourth-order valence-corrected chi connectivity index (χ4v) is 3.95. The first-order chi connectivity index (χ1) is 10.1. The molecule has 4 rings (SSSR count). The number of non-ortho nitro benzene ring substituents is 1. The van der Waals surface area contributed by atoms with E-state index in [1.165, 1.54) is 6.07 Å². The van der Waals surface area contributed by atoms with Crippen molar-refractivity contribution in [3.8, 4) is 0 Å². The van der Waals surface area contributed by atoms with Gasteiger partial charge in [0.1, 0.15) is 0 Å². The maximum absolute atomic E-state index is 12.7. The van der Waals surface area contributed by atoms with Gasteiger partial charge in [0.05, 0.1) is 4.92 Å². The summed E-state index contributed by atoms with van der Waals surface area (Å²) in [6.45, 7) is 1.09. The van der Waals surface area contributed by atoms with Crippen LogP contribution >= 0.6 is 0 Å². The van der Waals surface area contributed by atoms with Crippen molar-refractivity contribution >= 4 is 11.6 Å². The third kappa shape index (κ3) is 1.95. The van der Waals surface area contributed by atoms with E-state index >= 15 is 0 Å². The molecule has 3 aliphatic rings. The number of fused-ring (bicyclic) bond motifs is 3. The van der Waals surface area contributed by atoms with Crippen LogP contribution in [0, 0.1) is 27.9 Å². The van der Waals surface area contributed by atoms with E-state index in [2.05, 4.69) is 12.2 Å². The predicted molar refractivity (Wildman–Crippen MR) is 76.2 cm³/mol. The molecule has 5 heteroatoms. The van der Waals surface area contributed by atoms with Crippen LogP contribution in [0.2, 0.25) is 0 Å². The number of carbonyl (C=O) groups excluding carboxylic acids is 1. The largest absolute Gasteiger partial charge is 0.334 e. The van der Waals surface area contributed by atoms with Gasteiger partial charge in [-0.1, -0.05) is 18.2 Å². The number of hydrogen-bond acceptors (Lipinski definition) is 3. The van der Waals surface area contributed by atoms with Crippen molar-refractivity contribution in [3.05, 3.63) is 51.6 Å². The summed E-state index contributed by atoms with van der Waals surface area (Å²) in [7, 11) is 0. The Kier molecular flexibility index (Phi) is 2.64. The number of amides is 1. The summed E-state index contributed by atoms with van der Waals surface area (Å²) in [4.78, 5) is 25.0. The third-order valence-corrected chi connectivity index (χ3v) is 5.03. The van der Waals surface area contributed by atoms with Crippen LogP contribution in [0.1, 0.15) is 24.0 Å². The summed E-state index contributed by atoms with van der Waals surface area (Å²) in [5.74, 6) is 1.31. The van der Waals surface area contributed by atoms with Crippen LogP contribution in [0.25, 0.3) is 0 Å². The number of nitro benzene ring substituents is 1. The second-order valence-electron chi connectivity index (χ2n) is 6.29. The molecule has 0 unspecified atom stereocenters. The monoisotopic (exact) mass is 284 g/mol. The van der Waals surface area contributed by atoms with Gasteiger partial charge >= 0.3 is 0 Å².